The van der Waals surface area contributed by atoms with Crippen molar-refractivity contribution in [2.75, 3.05) is 20.3 Å². The minimum absolute atomic E-state index is 0.0354. The van der Waals surface area contributed by atoms with Crippen LogP contribution < -0.4 is 0 Å². The molecule has 9 atom stereocenters. The molecule has 0 bridgehead atoms. The SMILES string of the molecule is COCCO[C@H]1C[C@@]2(C)[C@@H](CC[C@@H]3[C@@H]2[C@@H](O)C[C@]2(C)C(=O)CC[C@@H]32)C[C@@H]1O. The number of ether oxygens (including phenoxy) is 2. The average molecular weight is 381 g/mol. The van der Waals surface area contributed by atoms with Crippen molar-refractivity contribution in [2.45, 2.75) is 77.1 Å². The minimum Gasteiger partial charge on any atom is -0.393 e. The molecule has 0 aromatic heterocycles. The number of hydrogen-bond donors (Lipinski definition) is 2. The zero-order valence-corrected chi connectivity index (χ0v) is 17.0. The molecule has 4 rings (SSSR count). The van der Waals surface area contributed by atoms with Gasteiger partial charge in [0.05, 0.1) is 31.5 Å². The first-order chi connectivity index (χ1) is 12.8. The van der Waals surface area contributed by atoms with E-state index in [-0.39, 0.29) is 22.9 Å². The van der Waals surface area contributed by atoms with Gasteiger partial charge >= 0.3 is 0 Å². The normalized spacial score (nSPS) is 52.2. The molecule has 4 fully saturated rings. The first-order valence-electron chi connectivity index (χ1n) is 10.8. The molecule has 5 nitrogen and oxygen atoms in total. The average Bonchev–Trinajstić information content (AvgIpc) is 2.90. The number of hydrogen-bond acceptors (Lipinski definition) is 5. The summed E-state index contributed by atoms with van der Waals surface area (Å²) < 4.78 is 11.1. The highest BCUT2D eigenvalue weighted by atomic mass is 16.5. The van der Waals surface area contributed by atoms with Gasteiger partial charge in [0.1, 0.15) is 5.78 Å². The Labute approximate surface area is 162 Å². The molecule has 0 unspecified atom stereocenters. The second-order valence-electron chi connectivity index (χ2n) is 10.1. The molecule has 27 heavy (non-hydrogen) atoms. The molecule has 0 aromatic carbocycles. The van der Waals surface area contributed by atoms with Crippen LogP contribution >= 0.6 is 0 Å². The molecule has 4 aliphatic carbocycles. The van der Waals surface area contributed by atoms with Gasteiger partial charge in [-0.15, -0.1) is 0 Å². The minimum atomic E-state index is -0.435. The quantitative estimate of drug-likeness (QED) is 0.733. The second-order valence-corrected chi connectivity index (χ2v) is 10.1. The molecular formula is C22H36O5. The van der Waals surface area contributed by atoms with Crippen LogP contribution in [0.25, 0.3) is 0 Å². The number of rotatable bonds is 4. The number of ketones is 1. The van der Waals surface area contributed by atoms with Crippen LogP contribution in [0.3, 0.4) is 0 Å². The number of methoxy groups -OCH3 is 1. The zero-order valence-electron chi connectivity index (χ0n) is 17.0. The van der Waals surface area contributed by atoms with Gasteiger partial charge in [0, 0.05) is 18.9 Å². The van der Waals surface area contributed by atoms with Gasteiger partial charge in [0.15, 0.2) is 0 Å². The van der Waals surface area contributed by atoms with Crippen molar-refractivity contribution < 1.29 is 24.5 Å². The highest BCUT2D eigenvalue weighted by Gasteiger charge is 2.64. The summed E-state index contributed by atoms with van der Waals surface area (Å²) in [7, 11) is 1.65. The number of carbonyl (C=O) groups is 1. The fourth-order valence-corrected chi connectivity index (χ4v) is 7.61. The van der Waals surface area contributed by atoms with E-state index in [9.17, 15) is 15.0 Å². The summed E-state index contributed by atoms with van der Waals surface area (Å²) in [6.07, 6.45) is 4.94. The van der Waals surface area contributed by atoms with Gasteiger partial charge in [0.2, 0.25) is 0 Å². The highest BCUT2D eigenvalue weighted by Crippen LogP contribution is 2.65. The van der Waals surface area contributed by atoms with E-state index in [2.05, 4.69) is 13.8 Å². The van der Waals surface area contributed by atoms with Gasteiger partial charge in [-0.2, -0.15) is 0 Å². The van der Waals surface area contributed by atoms with E-state index in [0.29, 0.717) is 49.6 Å². The molecular weight excluding hydrogens is 344 g/mol. The lowest BCUT2D eigenvalue weighted by atomic mass is 9.44. The van der Waals surface area contributed by atoms with E-state index < -0.39 is 12.2 Å². The molecule has 0 aromatic rings. The van der Waals surface area contributed by atoms with Crippen LogP contribution in [-0.4, -0.2) is 54.6 Å². The van der Waals surface area contributed by atoms with Crippen molar-refractivity contribution in [1.29, 1.82) is 0 Å². The van der Waals surface area contributed by atoms with E-state index in [1.165, 1.54) is 0 Å². The molecule has 5 heteroatoms. The Morgan fingerprint density at radius 2 is 1.85 bits per heavy atom. The Hall–Kier alpha value is -0.490. The van der Waals surface area contributed by atoms with Crippen LogP contribution in [0, 0.1) is 34.5 Å². The van der Waals surface area contributed by atoms with Crippen LogP contribution in [0.15, 0.2) is 0 Å². The van der Waals surface area contributed by atoms with Crippen molar-refractivity contribution >= 4 is 5.78 Å². The Bertz CT molecular complexity index is 579. The van der Waals surface area contributed by atoms with Gasteiger partial charge < -0.3 is 19.7 Å². The third-order valence-corrected chi connectivity index (χ3v) is 8.92. The molecule has 154 valence electrons. The highest BCUT2D eigenvalue weighted by molar-refractivity contribution is 5.87. The van der Waals surface area contributed by atoms with Crippen molar-refractivity contribution in [3.05, 3.63) is 0 Å². The predicted molar refractivity (Wildman–Crippen MR) is 101 cm³/mol. The standard InChI is InChI=1S/C22H36O5/c1-21-12-18(27-9-8-26-3)16(23)10-13(21)4-5-14-15-6-7-19(25)22(15,2)11-17(24)20(14)21/h13-18,20,23-24H,4-12H2,1-3H3/t13-,14-,15-,16-,17-,18-,20+,21-,22-/m0/s1. The molecule has 0 amide bonds. The van der Waals surface area contributed by atoms with Gasteiger partial charge in [-0.05, 0) is 67.6 Å². The molecule has 0 saturated heterocycles. The molecule has 0 spiro atoms. The molecule has 2 N–H and O–H groups in total. The van der Waals surface area contributed by atoms with Crippen LogP contribution in [0.5, 0.6) is 0 Å². The van der Waals surface area contributed by atoms with Crippen LogP contribution in [0.2, 0.25) is 0 Å². The summed E-state index contributed by atoms with van der Waals surface area (Å²) in [6, 6.07) is 0. The largest absolute Gasteiger partial charge is 0.393 e. The smallest absolute Gasteiger partial charge is 0.139 e. The fourth-order valence-electron chi connectivity index (χ4n) is 7.61. The first-order valence-corrected chi connectivity index (χ1v) is 10.8. The summed E-state index contributed by atoms with van der Waals surface area (Å²) in [5.74, 6) is 1.82. The predicted octanol–water partition coefficient (Wildman–Crippen LogP) is 2.57. The fraction of sp³-hybridized carbons (Fsp3) is 0.955. The molecule has 0 radical (unpaired) electrons. The molecule has 0 heterocycles. The Morgan fingerprint density at radius 3 is 2.59 bits per heavy atom. The summed E-state index contributed by atoms with van der Waals surface area (Å²) in [5.41, 5.74) is -0.363. The molecule has 4 aliphatic rings. The molecule has 4 saturated carbocycles. The number of fused-ring (bicyclic) bond motifs is 5. The Balaban J connectivity index is 1.59. The van der Waals surface area contributed by atoms with Crippen molar-refractivity contribution in [2.24, 2.45) is 34.5 Å². The summed E-state index contributed by atoms with van der Waals surface area (Å²) >= 11 is 0. The van der Waals surface area contributed by atoms with Crippen molar-refractivity contribution in [1.82, 2.24) is 0 Å². The van der Waals surface area contributed by atoms with Gasteiger partial charge in [-0.3, -0.25) is 4.79 Å². The summed E-state index contributed by atoms with van der Waals surface area (Å²) in [4.78, 5) is 12.6. The van der Waals surface area contributed by atoms with E-state index in [1.54, 1.807) is 7.11 Å². The van der Waals surface area contributed by atoms with Crippen molar-refractivity contribution in [3.63, 3.8) is 0 Å². The topological polar surface area (TPSA) is 76.0 Å². The molecule has 0 aliphatic heterocycles. The van der Waals surface area contributed by atoms with Gasteiger partial charge in [-0.1, -0.05) is 13.8 Å². The van der Waals surface area contributed by atoms with Crippen molar-refractivity contribution in [3.8, 4) is 0 Å². The van der Waals surface area contributed by atoms with Crippen LogP contribution in [0.4, 0.5) is 0 Å². The lowest BCUT2D eigenvalue weighted by molar-refractivity contribution is -0.201. The van der Waals surface area contributed by atoms with E-state index in [1.807, 2.05) is 0 Å². The summed E-state index contributed by atoms with van der Waals surface area (Å²) in [6.45, 7) is 5.43. The lowest BCUT2D eigenvalue weighted by Gasteiger charge is -2.62. The number of aliphatic hydroxyl groups excluding tert-OH is 2. The first kappa shape index (κ1) is 19.8. The summed E-state index contributed by atoms with van der Waals surface area (Å²) in [5, 5.41) is 21.9. The van der Waals surface area contributed by atoms with Crippen LogP contribution in [0.1, 0.15) is 58.8 Å². The number of aliphatic hydroxyl groups is 2. The number of carbonyl (C=O) groups excluding carboxylic acids is 1. The maximum absolute atomic E-state index is 12.6. The van der Waals surface area contributed by atoms with E-state index in [4.69, 9.17) is 9.47 Å². The maximum Gasteiger partial charge on any atom is 0.139 e. The third-order valence-electron chi connectivity index (χ3n) is 8.92. The second kappa shape index (κ2) is 7.08. The Kier molecular flexibility index (Phi) is 5.20. The third kappa shape index (κ3) is 3.00. The van der Waals surface area contributed by atoms with Gasteiger partial charge in [-0.25, -0.2) is 0 Å². The van der Waals surface area contributed by atoms with Crippen LogP contribution in [-0.2, 0) is 14.3 Å². The Morgan fingerprint density at radius 1 is 1.07 bits per heavy atom. The number of Topliss-reactive ketones (excluding diaryl/α,β-unsaturated/α-hetero) is 1. The zero-order chi connectivity index (χ0) is 19.4. The van der Waals surface area contributed by atoms with Gasteiger partial charge in [0.25, 0.3) is 0 Å². The monoisotopic (exact) mass is 380 g/mol. The maximum atomic E-state index is 12.6. The van der Waals surface area contributed by atoms with E-state index >= 15 is 0 Å². The van der Waals surface area contributed by atoms with E-state index in [0.717, 1.165) is 32.1 Å². The lowest BCUT2D eigenvalue weighted by Crippen LogP contribution is -2.61.